The van der Waals surface area contributed by atoms with Crippen molar-refractivity contribution in [1.82, 2.24) is 15.3 Å². The van der Waals surface area contributed by atoms with E-state index < -0.39 is 0 Å². The third-order valence-electron chi connectivity index (χ3n) is 3.29. The smallest absolute Gasteiger partial charge is 0.270 e. The van der Waals surface area contributed by atoms with Gasteiger partial charge in [-0.15, -0.1) is 0 Å². The van der Waals surface area contributed by atoms with Crippen molar-refractivity contribution in [1.29, 1.82) is 0 Å². The van der Waals surface area contributed by atoms with Crippen molar-refractivity contribution < 1.29 is 4.79 Å². The Hall–Kier alpha value is -1.85. The quantitative estimate of drug-likeness (QED) is 0.781. The first-order valence-electron chi connectivity index (χ1n) is 7.73. The Kier molecular flexibility index (Phi) is 6.82. The molecule has 1 amide bonds. The van der Waals surface area contributed by atoms with Crippen LogP contribution in [-0.2, 0) is 6.42 Å². The second-order valence-electron chi connectivity index (χ2n) is 5.80. The van der Waals surface area contributed by atoms with Gasteiger partial charge in [0, 0.05) is 29.2 Å². The van der Waals surface area contributed by atoms with E-state index in [4.69, 9.17) is 23.2 Å². The Bertz CT molecular complexity index is 707. The molecule has 0 spiro atoms. The minimum atomic E-state index is -0.199. The summed E-state index contributed by atoms with van der Waals surface area (Å²) in [4.78, 5) is 20.2. The number of nitrogens with zero attached hydrogens (tertiary/aromatic N) is 2. The zero-order valence-corrected chi connectivity index (χ0v) is 15.2. The van der Waals surface area contributed by atoms with E-state index in [1.165, 1.54) is 6.33 Å². The number of hydrogen-bond acceptors (Lipinski definition) is 4. The Morgan fingerprint density at radius 3 is 2.71 bits per heavy atom. The summed E-state index contributed by atoms with van der Waals surface area (Å²) in [5, 5.41) is 7.26. The molecule has 0 aliphatic rings. The first-order chi connectivity index (χ1) is 11.5. The van der Waals surface area contributed by atoms with E-state index in [0.717, 1.165) is 12.0 Å². The summed E-state index contributed by atoms with van der Waals surface area (Å²) >= 11 is 12.0. The Morgan fingerprint density at radius 2 is 2.00 bits per heavy atom. The van der Waals surface area contributed by atoms with Gasteiger partial charge in [0.05, 0.1) is 0 Å². The molecule has 0 bridgehead atoms. The molecule has 1 aromatic carbocycles. The predicted molar refractivity (Wildman–Crippen MR) is 97.9 cm³/mol. The standard InChI is InChI=1S/C17H20Cl2N4O/c1-11(2)9-21-17(24)15-8-16(23-10-22-15)20-6-5-12-3-4-13(18)7-14(12)19/h3-4,7-8,10-11H,5-6,9H2,1-2H3,(H,21,24)(H,20,22,23). The molecule has 7 heteroatoms. The summed E-state index contributed by atoms with van der Waals surface area (Å²) in [6.07, 6.45) is 2.09. The van der Waals surface area contributed by atoms with Crippen LogP contribution in [0.1, 0.15) is 29.9 Å². The van der Waals surface area contributed by atoms with Crippen LogP contribution in [0.15, 0.2) is 30.6 Å². The lowest BCUT2D eigenvalue weighted by Gasteiger charge is -2.09. The minimum Gasteiger partial charge on any atom is -0.370 e. The van der Waals surface area contributed by atoms with E-state index in [2.05, 4.69) is 20.6 Å². The number of aromatic nitrogens is 2. The molecule has 0 unspecified atom stereocenters. The molecule has 5 nitrogen and oxygen atoms in total. The molecule has 0 radical (unpaired) electrons. The Morgan fingerprint density at radius 1 is 1.21 bits per heavy atom. The monoisotopic (exact) mass is 366 g/mol. The molecule has 2 aromatic rings. The topological polar surface area (TPSA) is 66.9 Å². The maximum absolute atomic E-state index is 12.0. The molecule has 2 N–H and O–H groups in total. The van der Waals surface area contributed by atoms with Gasteiger partial charge in [0.15, 0.2) is 0 Å². The number of rotatable bonds is 7. The molecule has 2 rings (SSSR count). The van der Waals surface area contributed by atoms with Gasteiger partial charge in [0.1, 0.15) is 17.8 Å². The van der Waals surface area contributed by atoms with Gasteiger partial charge in [-0.05, 0) is 30.0 Å². The van der Waals surface area contributed by atoms with Crippen LogP contribution in [-0.4, -0.2) is 29.0 Å². The molecule has 0 atom stereocenters. The van der Waals surface area contributed by atoms with Crippen molar-refractivity contribution >= 4 is 34.9 Å². The van der Waals surface area contributed by atoms with E-state index in [9.17, 15) is 4.79 Å². The molecule has 1 heterocycles. The second-order valence-corrected chi connectivity index (χ2v) is 6.65. The molecule has 0 aliphatic heterocycles. The van der Waals surface area contributed by atoms with Crippen LogP contribution in [0.25, 0.3) is 0 Å². The summed E-state index contributed by atoms with van der Waals surface area (Å²) < 4.78 is 0. The van der Waals surface area contributed by atoms with Crippen LogP contribution >= 0.6 is 23.2 Å². The average molecular weight is 367 g/mol. The highest BCUT2D eigenvalue weighted by Gasteiger charge is 2.09. The first kappa shape index (κ1) is 18.5. The molecule has 24 heavy (non-hydrogen) atoms. The first-order valence-corrected chi connectivity index (χ1v) is 8.49. The van der Waals surface area contributed by atoms with Gasteiger partial charge in [-0.1, -0.05) is 43.1 Å². The predicted octanol–water partition coefficient (Wildman–Crippen LogP) is 3.82. The zero-order valence-electron chi connectivity index (χ0n) is 13.6. The Labute approximate surface area is 151 Å². The molecule has 1 aromatic heterocycles. The van der Waals surface area contributed by atoms with Crippen molar-refractivity contribution in [3.8, 4) is 0 Å². The lowest BCUT2D eigenvalue weighted by atomic mass is 10.1. The number of carbonyl (C=O) groups excluding carboxylic acids is 1. The maximum Gasteiger partial charge on any atom is 0.270 e. The summed E-state index contributed by atoms with van der Waals surface area (Å²) in [7, 11) is 0. The third-order valence-corrected chi connectivity index (χ3v) is 3.87. The Balaban J connectivity index is 1.91. The lowest BCUT2D eigenvalue weighted by molar-refractivity contribution is 0.0944. The van der Waals surface area contributed by atoms with Gasteiger partial charge in [0.25, 0.3) is 5.91 Å². The number of halogens is 2. The fourth-order valence-corrected chi connectivity index (χ4v) is 2.52. The van der Waals surface area contributed by atoms with E-state index >= 15 is 0 Å². The summed E-state index contributed by atoms with van der Waals surface area (Å²) in [6.45, 7) is 5.32. The summed E-state index contributed by atoms with van der Waals surface area (Å²) in [5.41, 5.74) is 1.34. The number of anilines is 1. The van der Waals surface area contributed by atoms with Gasteiger partial charge in [0.2, 0.25) is 0 Å². The molecule has 0 saturated heterocycles. The lowest BCUT2D eigenvalue weighted by Crippen LogP contribution is -2.28. The fraction of sp³-hybridized carbons (Fsp3) is 0.353. The summed E-state index contributed by atoms with van der Waals surface area (Å²) in [6, 6.07) is 7.07. The fourth-order valence-electron chi connectivity index (χ4n) is 2.02. The van der Waals surface area contributed by atoms with E-state index in [0.29, 0.717) is 40.6 Å². The van der Waals surface area contributed by atoms with Crippen LogP contribution in [0.3, 0.4) is 0 Å². The second kappa shape index (κ2) is 8.85. The summed E-state index contributed by atoms with van der Waals surface area (Å²) in [5.74, 6) is 0.789. The van der Waals surface area contributed by atoms with Gasteiger partial charge < -0.3 is 10.6 Å². The van der Waals surface area contributed by atoms with Gasteiger partial charge in [-0.3, -0.25) is 4.79 Å². The van der Waals surface area contributed by atoms with Crippen molar-refractivity contribution in [2.45, 2.75) is 20.3 Å². The van der Waals surface area contributed by atoms with Crippen molar-refractivity contribution in [2.75, 3.05) is 18.4 Å². The molecular weight excluding hydrogens is 347 g/mol. The van der Waals surface area contributed by atoms with Crippen LogP contribution in [0, 0.1) is 5.92 Å². The zero-order chi connectivity index (χ0) is 17.5. The van der Waals surface area contributed by atoms with Crippen LogP contribution in [0.5, 0.6) is 0 Å². The van der Waals surface area contributed by atoms with Crippen molar-refractivity contribution in [3.05, 3.63) is 51.9 Å². The molecule has 0 saturated carbocycles. The highest BCUT2D eigenvalue weighted by molar-refractivity contribution is 6.35. The van der Waals surface area contributed by atoms with Gasteiger partial charge >= 0.3 is 0 Å². The largest absolute Gasteiger partial charge is 0.370 e. The van der Waals surface area contributed by atoms with Gasteiger partial charge in [-0.25, -0.2) is 9.97 Å². The highest BCUT2D eigenvalue weighted by atomic mass is 35.5. The van der Waals surface area contributed by atoms with E-state index in [-0.39, 0.29) is 5.91 Å². The normalized spacial score (nSPS) is 10.7. The number of benzene rings is 1. The molecule has 0 aliphatic carbocycles. The molecule has 0 fully saturated rings. The number of nitrogens with one attached hydrogen (secondary N) is 2. The minimum absolute atomic E-state index is 0.199. The van der Waals surface area contributed by atoms with E-state index in [1.54, 1.807) is 12.1 Å². The SMILES string of the molecule is CC(C)CNC(=O)c1cc(NCCc2ccc(Cl)cc2Cl)ncn1. The van der Waals surface area contributed by atoms with Crippen LogP contribution in [0.2, 0.25) is 10.0 Å². The van der Waals surface area contributed by atoms with Crippen LogP contribution in [0.4, 0.5) is 5.82 Å². The number of carbonyl (C=O) groups is 1. The van der Waals surface area contributed by atoms with Crippen molar-refractivity contribution in [2.24, 2.45) is 5.92 Å². The molecule has 128 valence electrons. The number of amides is 1. The van der Waals surface area contributed by atoms with Crippen molar-refractivity contribution in [3.63, 3.8) is 0 Å². The van der Waals surface area contributed by atoms with E-state index in [1.807, 2.05) is 26.0 Å². The van der Waals surface area contributed by atoms with Crippen LogP contribution < -0.4 is 10.6 Å². The average Bonchev–Trinajstić information content (AvgIpc) is 2.55. The highest BCUT2D eigenvalue weighted by Crippen LogP contribution is 2.21. The number of hydrogen-bond donors (Lipinski definition) is 2. The third kappa shape index (κ3) is 5.65. The molecular formula is C17H20Cl2N4O. The maximum atomic E-state index is 12.0. The van der Waals surface area contributed by atoms with Gasteiger partial charge in [-0.2, -0.15) is 0 Å².